The molecule has 0 aliphatic carbocycles. The second kappa shape index (κ2) is 7.54. The molecule has 0 radical (unpaired) electrons. The molecule has 0 aromatic heterocycles. The van der Waals surface area contributed by atoms with E-state index >= 15 is 0 Å². The predicted octanol–water partition coefficient (Wildman–Crippen LogP) is 4.43. The third-order valence-corrected chi connectivity index (χ3v) is 5.96. The molecule has 0 saturated carbocycles. The molecule has 0 fully saturated rings. The molecular formula is C24H24ClN3O3. The van der Waals surface area contributed by atoms with E-state index in [0.29, 0.717) is 28.4 Å². The first-order valence-electron chi connectivity index (χ1n) is 10.1. The van der Waals surface area contributed by atoms with Gasteiger partial charge in [-0.25, -0.2) is 0 Å². The van der Waals surface area contributed by atoms with Gasteiger partial charge in [0.15, 0.2) is 0 Å². The summed E-state index contributed by atoms with van der Waals surface area (Å²) in [5.41, 5.74) is 2.65. The van der Waals surface area contributed by atoms with Crippen LogP contribution in [-0.2, 0) is 6.54 Å². The highest BCUT2D eigenvalue weighted by Gasteiger charge is 2.32. The SMILES string of the molecule is Cc1cccc([C@H](Nc2c(Nc3ccc(Cl)c4c3C(=O)NC4)c(=O)c2=O)C(C)(C)C)c1. The van der Waals surface area contributed by atoms with Gasteiger partial charge in [-0.1, -0.05) is 62.2 Å². The van der Waals surface area contributed by atoms with Gasteiger partial charge in [-0.05, 0) is 30.0 Å². The molecule has 3 aromatic carbocycles. The molecule has 31 heavy (non-hydrogen) atoms. The van der Waals surface area contributed by atoms with Crippen molar-refractivity contribution >= 4 is 34.6 Å². The minimum absolute atomic E-state index is 0.163. The lowest BCUT2D eigenvalue weighted by Crippen LogP contribution is -2.39. The maximum atomic E-state index is 12.5. The third kappa shape index (κ3) is 3.72. The molecule has 0 saturated heterocycles. The van der Waals surface area contributed by atoms with Gasteiger partial charge >= 0.3 is 0 Å². The maximum absolute atomic E-state index is 12.5. The van der Waals surface area contributed by atoms with E-state index in [-0.39, 0.29) is 28.7 Å². The molecule has 0 unspecified atom stereocenters. The highest BCUT2D eigenvalue weighted by atomic mass is 35.5. The monoisotopic (exact) mass is 437 g/mol. The van der Waals surface area contributed by atoms with Crippen LogP contribution >= 0.6 is 11.6 Å². The Kier molecular flexibility index (Phi) is 5.13. The number of carbonyl (C=O) groups excluding carboxylic acids is 1. The summed E-state index contributed by atoms with van der Waals surface area (Å²) >= 11 is 6.21. The van der Waals surface area contributed by atoms with E-state index in [1.807, 2.05) is 25.1 Å². The number of carbonyl (C=O) groups is 1. The third-order valence-electron chi connectivity index (χ3n) is 5.61. The Labute approximate surface area is 185 Å². The number of amides is 1. The fraction of sp³-hybridized carbons (Fsp3) is 0.292. The molecule has 1 atom stereocenters. The fourth-order valence-corrected chi connectivity index (χ4v) is 4.22. The molecule has 1 heterocycles. The van der Waals surface area contributed by atoms with Crippen LogP contribution in [0, 0.1) is 12.3 Å². The molecule has 3 N–H and O–H groups in total. The minimum Gasteiger partial charge on any atom is -0.373 e. The van der Waals surface area contributed by atoms with Gasteiger partial charge in [0.25, 0.3) is 16.8 Å². The van der Waals surface area contributed by atoms with Crippen molar-refractivity contribution in [2.24, 2.45) is 5.41 Å². The van der Waals surface area contributed by atoms with Crippen LogP contribution in [-0.4, -0.2) is 5.91 Å². The van der Waals surface area contributed by atoms with E-state index in [1.165, 1.54) is 0 Å². The van der Waals surface area contributed by atoms with E-state index in [0.717, 1.165) is 11.1 Å². The molecule has 7 heteroatoms. The quantitative estimate of drug-likeness (QED) is 0.514. The number of hydrogen-bond donors (Lipinski definition) is 3. The van der Waals surface area contributed by atoms with Crippen LogP contribution in [0.4, 0.5) is 17.1 Å². The summed E-state index contributed by atoms with van der Waals surface area (Å²) < 4.78 is 0. The highest BCUT2D eigenvalue weighted by Crippen LogP contribution is 2.38. The number of nitrogens with one attached hydrogen (secondary N) is 3. The van der Waals surface area contributed by atoms with Crippen molar-refractivity contribution in [3.8, 4) is 0 Å². The van der Waals surface area contributed by atoms with Gasteiger partial charge in [0.1, 0.15) is 11.4 Å². The van der Waals surface area contributed by atoms with Crippen LogP contribution in [0.3, 0.4) is 0 Å². The van der Waals surface area contributed by atoms with Crippen molar-refractivity contribution in [2.75, 3.05) is 10.6 Å². The van der Waals surface area contributed by atoms with E-state index in [1.54, 1.807) is 12.1 Å². The zero-order valence-corrected chi connectivity index (χ0v) is 18.6. The summed E-state index contributed by atoms with van der Waals surface area (Å²) in [7, 11) is 0. The van der Waals surface area contributed by atoms with Gasteiger partial charge in [-0.15, -0.1) is 0 Å². The van der Waals surface area contributed by atoms with Gasteiger partial charge in [-0.3, -0.25) is 14.4 Å². The zero-order chi connectivity index (χ0) is 22.5. The van der Waals surface area contributed by atoms with Crippen molar-refractivity contribution in [2.45, 2.75) is 40.3 Å². The molecule has 6 nitrogen and oxygen atoms in total. The van der Waals surface area contributed by atoms with E-state index < -0.39 is 10.9 Å². The number of hydrogen-bond acceptors (Lipinski definition) is 5. The zero-order valence-electron chi connectivity index (χ0n) is 17.9. The molecule has 1 aliphatic rings. The smallest absolute Gasteiger partial charge is 0.254 e. The van der Waals surface area contributed by atoms with Crippen molar-refractivity contribution < 1.29 is 4.79 Å². The second-order valence-corrected chi connectivity index (χ2v) is 9.43. The van der Waals surface area contributed by atoms with Crippen LogP contribution in [0.2, 0.25) is 5.02 Å². The van der Waals surface area contributed by atoms with Crippen molar-refractivity contribution in [1.29, 1.82) is 0 Å². The second-order valence-electron chi connectivity index (χ2n) is 9.02. The van der Waals surface area contributed by atoms with Gasteiger partial charge in [-0.2, -0.15) is 0 Å². The maximum Gasteiger partial charge on any atom is 0.254 e. The number of aryl methyl sites for hydroxylation is 1. The average Bonchev–Trinajstić information content (AvgIpc) is 3.10. The lowest BCUT2D eigenvalue weighted by Gasteiger charge is -2.34. The van der Waals surface area contributed by atoms with E-state index in [4.69, 9.17) is 11.6 Å². The Balaban J connectivity index is 1.71. The molecule has 1 aliphatic heterocycles. The number of benzene rings is 2. The Hall–Kier alpha value is -3.12. The van der Waals surface area contributed by atoms with Gasteiger partial charge in [0, 0.05) is 17.1 Å². The Morgan fingerprint density at radius 2 is 1.74 bits per heavy atom. The molecule has 1 amide bonds. The topological polar surface area (TPSA) is 87.3 Å². The standard InChI is InChI=1S/C24H24ClN3O3/c1-12-6-5-7-13(10-12)22(24(2,3)4)28-19-18(20(29)21(19)30)27-16-9-8-15(25)14-11-26-23(31)17(14)16/h5-10,22,27-28H,11H2,1-4H3,(H,26,31)/t22-/m0/s1. The first-order valence-corrected chi connectivity index (χ1v) is 10.5. The lowest BCUT2D eigenvalue weighted by molar-refractivity contribution is 0.0966. The largest absolute Gasteiger partial charge is 0.373 e. The number of rotatable bonds is 5. The normalized spacial score (nSPS) is 14.3. The number of anilines is 3. The van der Waals surface area contributed by atoms with Crippen LogP contribution < -0.4 is 26.8 Å². The first-order chi connectivity index (χ1) is 14.6. The minimum atomic E-state index is -0.610. The van der Waals surface area contributed by atoms with Crippen LogP contribution in [0.15, 0.2) is 46.0 Å². The van der Waals surface area contributed by atoms with Gasteiger partial charge in [0.05, 0.1) is 17.3 Å². The molecular weight excluding hydrogens is 414 g/mol. The van der Waals surface area contributed by atoms with Crippen LogP contribution in [0.25, 0.3) is 0 Å². The van der Waals surface area contributed by atoms with E-state index in [9.17, 15) is 14.4 Å². The average molecular weight is 438 g/mol. The number of fused-ring (bicyclic) bond motifs is 1. The van der Waals surface area contributed by atoms with Gasteiger partial charge in [0.2, 0.25) is 0 Å². The molecule has 0 spiro atoms. The summed E-state index contributed by atoms with van der Waals surface area (Å²) in [5, 5.41) is 9.53. The molecule has 3 aromatic rings. The molecule has 4 rings (SSSR count). The first kappa shape index (κ1) is 21.1. The van der Waals surface area contributed by atoms with Crippen molar-refractivity contribution in [3.63, 3.8) is 0 Å². The van der Waals surface area contributed by atoms with Crippen molar-refractivity contribution in [3.05, 3.63) is 84.1 Å². The number of halogens is 1. The molecule has 160 valence electrons. The summed E-state index contributed by atoms with van der Waals surface area (Å²) in [6.07, 6.45) is 0. The highest BCUT2D eigenvalue weighted by molar-refractivity contribution is 6.32. The lowest BCUT2D eigenvalue weighted by atomic mass is 9.81. The fourth-order valence-electron chi connectivity index (χ4n) is 3.99. The van der Waals surface area contributed by atoms with E-state index in [2.05, 4.69) is 42.8 Å². The Morgan fingerprint density at radius 3 is 2.42 bits per heavy atom. The summed E-state index contributed by atoms with van der Waals surface area (Å²) in [6, 6.07) is 11.2. The summed E-state index contributed by atoms with van der Waals surface area (Å²) in [5.74, 6) is -0.263. The van der Waals surface area contributed by atoms with Gasteiger partial charge < -0.3 is 16.0 Å². The molecule has 0 bridgehead atoms. The Bertz CT molecular complexity index is 1270. The predicted molar refractivity (Wildman–Crippen MR) is 124 cm³/mol. The Morgan fingerprint density at radius 1 is 1.03 bits per heavy atom. The summed E-state index contributed by atoms with van der Waals surface area (Å²) in [4.78, 5) is 37.2. The van der Waals surface area contributed by atoms with Crippen molar-refractivity contribution in [1.82, 2.24) is 5.32 Å². The summed E-state index contributed by atoms with van der Waals surface area (Å²) in [6.45, 7) is 8.56. The van der Waals surface area contributed by atoms with Crippen LogP contribution in [0.1, 0.15) is 53.9 Å². The van der Waals surface area contributed by atoms with Crippen LogP contribution in [0.5, 0.6) is 0 Å².